The molecule has 0 amide bonds. The van der Waals surface area contributed by atoms with Gasteiger partial charge in [0.25, 0.3) is 0 Å². The second-order valence-corrected chi connectivity index (χ2v) is 14.1. The molecule has 0 saturated heterocycles. The van der Waals surface area contributed by atoms with Crippen molar-refractivity contribution >= 4 is 71.6 Å². The van der Waals surface area contributed by atoms with Crippen LogP contribution in [0.3, 0.4) is 0 Å². The summed E-state index contributed by atoms with van der Waals surface area (Å²) in [5.41, 5.74) is 13.0. The molecule has 2 aromatic heterocycles. The first-order valence-electron chi connectivity index (χ1n) is 18.8. The van der Waals surface area contributed by atoms with E-state index in [1.165, 1.54) is 54.8 Å². The van der Waals surface area contributed by atoms with Gasteiger partial charge in [-0.3, -0.25) is 0 Å². The van der Waals surface area contributed by atoms with Crippen LogP contribution in [0.15, 0.2) is 211 Å². The zero-order valence-electron chi connectivity index (χ0n) is 29.9. The van der Waals surface area contributed by atoms with E-state index in [1.807, 2.05) is 12.1 Å². The maximum Gasteiger partial charge on any atom is 0.159 e. The topological polar surface area (TPSA) is 21.3 Å². The quantitative estimate of drug-likeness (QED) is 0.172. The molecule has 0 spiro atoms. The summed E-state index contributed by atoms with van der Waals surface area (Å²) < 4.78 is 9.10. The third-order valence-electron chi connectivity index (χ3n) is 11.0. The Bertz CT molecular complexity index is 3190. The number of fused-ring (bicyclic) bond motifs is 8. The molecule has 2 heterocycles. The smallest absolute Gasteiger partial charge is 0.159 e. The van der Waals surface area contributed by atoms with Crippen molar-refractivity contribution in [1.29, 1.82) is 0 Å². The Kier molecular flexibility index (Phi) is 7.17. The summed E-state index contributed by atoms with van der Waals surface area (Å²) in [5.74, 6) is 0. The average molecular weight is 703 g/mol. The van der Waals surface area contributed by atoms with Crippen molar-refractivity contribution in [3.8, 4) is 27.9 Å². The highest BCUT2D eigenvalue weighted by atomic mass is 16.3. The first-order valence-corrected chi connectivity index (χ1v) is 18.8. The van der Waals surface area contributed by atoms with E-state index in [2.05, 4.69) is 204 Å². The van der Waals surface area contributed by atoms with Crippen molar-refractivity contribution in [2.75, 3.05) is 4.90 Å². The number of benzene rings is 9. The third-order valence-corrected chi connectivity index (χ3v) is 11.0. The SMILES string of the molecule is c1ccc(-c2ccc(N(c3cccc(-n4c5cccc(-c6ccccc6)c5c5c6ccccc6ccc54)c3)c3cccc4c3oc3ccccc34)cc2)cc1. The van der Waals surface area contributed by atoms with Crippen LogP contribution < -0.4 is 4.90 Å². The van der Waals surface area contributed by atoms with Crippen LogP contribution in [0.4, 0.5) is 17.1 Å². The van der Waals surface area contributed by atoms with E-state index in [1.54, 1.807) is 0 Å². The number of anilines is 3. The number of hydrogen-bond donors (Lipinski definition) is 0. The molecule has 0 N–H and O–H groups in total. The van der Waals surface area contributed by atoms with Crippen LogP contribution >= 0.6 is 0 Å². The van der Waals surface area contributed by atoms with Gasteiger partial charge in [-0.1, -0.05) is 152 Å². The lowest BCUT2D eigenvalue weighted by atomic mass is 9.97. The fourth-order valence-electron chi connectivity index (χ4n) is 8.50. The minimum absolute atomic E-state index is 0.858. The van der Waals surface area contributed by atoms with Gasteiger partial charge in [-0.25, -0.2) is 0 Å². The van der Waals surface area contributed by atoms with Gasteiger partial charge in [-0.2, -0.15) is 0 Å². The maximum atomic E-state index is 6.67. The average Bonchev–Trinajstić information content (AvgIpc) is 3.82. The molecule has 0 aliphatic rings. The Morgan fingerprint density at radius 1 is 0.400 bits per heavy atom. The van der Waals surface area contributed by atoms with Crippen molar-refractivity contribution < 1.29 is 4.42 Å². The molecule has 0 bridgehead atoms. The molecule has 0 aliphatic carbocycles. The lowest BCUT2D eigenvalue weighted by Crippen LogP contribution is -2.11. The molecule has 0 fully saturated rings. The van der Waals surface area contributed by atoms with Crippen molar-refractivity contribution in [2.45, 2.75) is 0 Å². The summed E-state index contributed by atoms with van der Waals surface area (Å²) in [6.45, 7) is 0. The Morgan fingerprint density at radius 3 is 1.89 bits per heavy atom. The predicted molar refractivity (Wildman–Crippen MR) is 231 cm³/mol. The van der Waals surface area contributed by atoms with Crippen LogP contribution in [0.1, 0.15) is 0 Å². The summed E-state index contributed by atoms with van der Waals surface area (Å²) in [6.07, 6.45) is 0. The number of furan rings is 1. The van der Waals surface area contributed by atoms with Crippen LogP contribution in [0, 0.1) is 0 Å². The summed E-state index contributed by atoms with van der Waals surface area (Å²) in [5, 5.41) is 7.21. The van der Waals surface area contributed by atoms with Gasteiger partial charge in [0.1, 0.15) is 5.58 Å². The first kappa shape index (κ1) is 31.2. The highest BCUT2D eigenvalue weighted by Crippen LogP contribution is 2.45. The molecule has 0 unspecified atom stereocenters. The normalized spacial score (nSPS) is 11.6. The third kappa shape index (κ3) is 5.05. The summed E-state index contributed by atoms with van der Waals surface area (Å²) in [6, 6.07) is 73.8. The van der Waals surface area contributed by atoms with Crippen LogP contribution in [0.25, 0.3) is 82.5 Å². The molecular formula is C52H34N2O. The molecule has 0 saturated carbocycles. The zero-order valence-corrected chi connectivity index (χ0v) is 29.9. The van der Waals surface area contributed by atoms with Crippen molar-refractivity contribution in [3.05, 3.63) is 206 Å². The molecule has 0 atom stereocenters. The molecule has 9 aromatic carbocycles. The zero-order chi connectivity index (χ0) is 36.3. The molecule has 0 radical (unpaired) electrons. The second kappa shape index (κ2) is 12.6. The highest BCUT2D eigenvalue weighted by Gasteiger charge is 2.22. The molecular weight excluding hydrogens is 669 g/mol. The van der Waals surface area contributed by atoms with E-state index in [-0.39, 0.29) is 0 Å². The van der Waals surface area contributed by atoms with Crippen LogP contribution in [0.5, 0.6) is 0 Å². The maximum absolute atomic E-state index is 6.67. The van der Waals surface area contributed by atoms with E-state index in [0.717, 1.165) is 44.7 Å². The Labute approximate surface area is 318 Å². The Balaban J connectivity index is 1.16. The van der Waals surface area contributed by atoms with Crippen LogP contribution in [-0.2, 0) is 0 Å². The lowest BCUT2D eigenvalue weighted by Gasteiger charge is -2.26. The van der Waals surface area contributed by atoms with Gasteiger partial charge in [0.15, 0.2) is 5.58 Å². The van der Waals surface area contributed by atoms with E-state index in [9.17, 15) is 0 Å². The Morgan fingerprint density at radius 2 is 1.05 bits per heavy atom. The molecule has 258 valence electrons. The van der Waals surface area contributed by atoms with Gasteiger partial charge >= 0.3 is 0 Å². The largest absolute Gasteiger partial charge is 0.454 e. The summed E-state index contributed by atoms with van der Waals surface area (Å²) >= 11 is 0. The molecule has 3 heteroatoms. The Hall–Kier alpha value is -7.36. The number of para-hydroxylation sites is 2. The molecule has 3 nitrogen and oxygen atoms in total. The fourth-order valence-corrected chi connectivity index (χ4v) is 8.50. The predicted octanol–water partition coefficient (Wildman–Crippen LogP) is 14.6. The number of nitrogens with zero attached hydrogens (tertiary/aromatic N) is 2. The molecule has 11 aromatic rings. The van der Waals surface area contributed by atoms with Crippen molar-refractivity contribution in [1.82, 2.24) is 4.57 Å². The monoisotopic (exact) mass is 702 g/mol. The van der Waals surface area contributed by atoms with Crippen LogP contribution in [0.2, 0.25) is 0 Å². The molecule has 55 heavy (non-hydrogen) atoms. The lowest BCUT2D eigenvalue weighted by molar-refractivity contribution is 0.669. The van der Waals surface area contributed by atoms with Gasteiger partial charge in [-0.05, 0) is 87.6 Å². The fraction of sp³-hybridized carbons (Fsp3) is 0. The van der Waals surface area contributed by atoms with E-state index >= 15 is 0 Å². The minimum atomic E-state index is 0.858. The van der Waals surface area contributed by atoms with Gasteiger partial charge in [0, 0.05) is 38.6 Å². The number of aromatic nitrogens is 1. The van der Waals surface area contributed by atoms with Crippen LogP contribution in [-0.4, -0.2) is 4.57 Å². The van der Waals surface area contributed by atoms with E-state index in [4.69, 9.17) is 4.42 Å². The van der Waals surface area contributed by atoms with E-state index in [0.29, 0.717) is 0 Å². The number of rotatable bonds is 6. The second-order valence-electron chi connectivity index (χ2n) is 14.1. The van der Waals surface area contributed by atoms with Gasteiger partial charge in [0.2, 0.25) is 0 Å². The van der Waals surface area contributed by atoms with Gasteiger partial charge in [0.05, 0.1) is 16.7 Å². The number of hydrogen-bond acceptors (Lipinski definition) is 2. The molecule has 11 rings (SSSR count). The minimum Gasteiger partial charge on any atom is -0.454 e. The van der Waals surface area contributed by atoms with Gasteiger partial charge < -0.3 is 13.9 Å². The molecule has 0 aliphatic heterocycles. The van der Waals surface area contributed by atoms with Gasteiger partial charge in [-0.15, -0.1) is 0 Å². The van der Waals surface area contributed by atoms with E-state index < -0.39 is 0 Å². The summed E-state index contributed by atoms with van der Waals surface area (Å²) in [4.78, 5) is 2.33. The highest BCUT2D eigenvalue weighted by molar-refractivity contribution is 6.25. The standard InChI is InChI=1S/C52H34N2O/c1-3-14-35(15-4-1)36-28-31-39(32-29-36)53(48-26-13-24-45-44-22-9-10-27-49(44)55-52(45)48)40-19-11-20-41(34-40)54-46-25-12-23-43(37-16-5-2-6-17-37)50(46)51-42-21-8-7-18-38(42)30-33-47(51)54/h1-34H. The van der Waals surface area contributed by atoms with Crippen molar-refractivity contribution in [2.24, 2.45) is 0 Å². The van der Waals surface area contributed by atoms with Crippen molar-refractivity contribution in [3.63, 3.8) is 0 Å². The first-order chi connectivity index (χ1) is 27.3. The summed E-state index contributed by atoms with van der Waals surface area (Å²) in [7, 11) is 0.